The van der Waals surface area contributed by atoms with Crippen molar-refractivity contribution in [1.29, 1.82) is 0 Å². The maximum absolute atomic E-state index is 13.1. The Morgan fingerprint density at radius 2 is 2.12 bits per heavy atom. The predicted molar refractivity (Wildman–Crippen MR) is 90.5 cm³/mol. The first-order chi connectivity index (χ1) is 11.4. The fourth-order valence-electron chi connectivity index (χ4n) is 2.07. The lowest BCUT2D eigenvalue weighted by Gasteiger charge is -2.09. The second-order valence-electron chi connectivity index (χ2n) is 4.85. The van der Waals surface area contributed by atoms with Gasteiger partial charge in [-0.2, -0.15) is 0 Å². The van der Waals surface area contributed by atoms with Crippen LogP contribution in [-0.4, -0.2) is 24.5 Å². The van der Waals surface area contributed by atoms with E-state index in [0.717, 1.165) is 18.2 Å². The first-order valence-corrected chi connectivity index (χ1v) is 9.50. The van der Waals surface area contributed by atoms with Crippen molar-refractivity contribution in [3.05, 3.63) is 57.2 Å². The van der Waals surface area contributed by atoms with Gasteiger partial charge in [0.1, 0.15) is 10.5 Å². The van der Waals surface area contributed by atoms with E-state index in [0.29, 0.717) is 10.2 Å². The number of sulfonamides is 1. The molecule has 0 radical (unpaired) electrons. The maximum atomic E-state index is 13.1. The summed E-state index contributed by atoms with van der Waals surface area (Å²) >= 11 is 6.88. The van der Waals surface area contributed by atoms with Gasteiger partial charge in [-0.15, -0.1) is 11.3 Å². The first kappa shape index (κ1) is 17.0. The van der Waals surface area contributed by atoms with Crippen molar-refractivity contribution in [1.82, 2.24) is 14.3 Å². The van der Waals surface area contributed by atoms with Gasteiger partial charge in [-0.05, 0) is 29.6 Å². The van der Waals surface area contributed by atoms with Crippen molar-refractivity contribution in [3.8, 4) is 0 Å². The molecule has 0 unspecified atom stereocenters. The SMILES string of the molecule is O=c1c2sccc2ncn1CCNS(=O)(=O)c1ccc(F)c(Cl)c1. The number of benzene rings is 1. The normalized spacial score (nSPS) is 11.9. The number of nitrogens with one attached hydrogen (secondary N) is 1. The van der Waals surface area contributed by atoms with E-state index in [1.165, 1.54) is 22.2 Å². The van der Waals surface area contributed by atoms with Crippen LogP contribution in [0.3, 0.4) is 0 Å². The lowest BCUT2D eigenvalue weighted by atomic mass is 10.3. The van der Waals surface area contributed by atoms with Gasteiger partial charge in [0.25, 0.3) is 5.56 Å². The summed E-state index contributed by atoms with van der Waals surface area (Å²) in [6, 6.07) is 4.88. The standard InChI is InChI=1S/C14H11ClFN3O3S2/c15-10-7-9(1-2-11(10)16)24(21,22)18-4-5-19-8-17-12-3-6-23-13(12)14(19)20/h1-3,6-8,18H,4-5H2. The highest BCUT2D eigenvalue weighted by molar-refractivity contribution is 7.89. The fraction of sp³-hybridized carbons (Fsp3) is 0.143. The molecule has 3 rings (SSSR count). The average Bonchev–Trinajstić information content (AvgIpc) is 3.01. The van der Waals surface area contributed by atoms with E-state index in [1.54, 1.807) is 11.4 Å². The number of rotatable bonds is 5. The van der Waals surface area contributed by atoms with Crippen molar-refractivity contribution < 1.29 is 12.8 Å². The molecule has 2 heterocycles. The topological polar surface area (TPSA) is 81.1 Å². The van der Waals surface area contributed by atoms with Crippen LogP contribution < -0.4 is 10.3 Å². The van der Waals surface area contributed by atoms with E-state index in [-0.39, 0.29) is 28.6 Å². The highest BCUT2D eigenvalue weighted by Gasteiger charge is 2.15. The molecule has 0 saturated carbocycles. The third-order valence-corrected chi connectivity index (χ3v) is 5.92. The summed E-state index contributed by atoms with van der Waals surface area (Å²) in [5, 5.41) is 1.49. The number of halogens is 2. The van der Waals surface area contributed by atoms with Crippen LogP contribution in [0.15, 0.2) is 45.7 Å². The molecule has 6 nitrogen and oxygen atoms in total. The van der Waals surface area contributed by atoms with Crippen LogP contribution >= 0.6 is 22.9 Å². The first-order valence-electron chi connectivity index (χ1n) is 6.76. The Kier molecular flexibility index (Phi) is 4.68. The third kappa shape index (κ3) is 3.34. The Bertz CT molecular complexity index is 1060. The van der Waals surface area contributed by atoms with Gasteiger partial charge >= 0.3 is 0 Å². The number of fused-ring (bicyclic) bond motifs is 1. The van der Waals surface area contributed by atoms with Gasteiger partial charge in [0.2, 0.25) is 10.0 Å². The molecule has 3 aromatic rings. The zero-order chi connectivity index (χ0) is 17.3. The molecule has 126 valence electrons. The summed E-state index contributed by atoms with van der Waals surface area (Å²) in [6.45, 7) is 0.101. The number of hydrogen-bond donors (Lipinski definition) is 1. The molecule has 0 atom stereocenters. The predicted octanol–water partition coefficient (Wildman–Crippen LogP) is 2.23. The molecule has 2 aromatic heterocycles. The van der Waals surface area contributed by atoms with E-state index in [1.807, 2.05) is 0 Å². The van der Waals surface area contributed by atoms with Gasteiger partial charge in [-0.1, -0.05) is 11.6 Å². The molecule has 0 aliphatic heterocycles. The van der Waals surface area contributed by atoms with Gasteiger partial charge in [0.15, 0.2) is 0 Å². The summed E-state index contributed by atoms with van der Waals surface area (Å²) in [4.78, 5) is 16.2. The quantitative estimate of drug-likeness (QED) is 0.728. The summed E-state index contributed by atoms with van der Waals surface area (Å²) in [5.74, 6) is -0.697. The average molecular weight is 388 g/mol. The molecule has 0 bridgehead atoms. The molecular weight excluding hydrogens is 377 g/mol. The molecular formula is C14H11ClFN3O3S2. The van der Waals surface area contributed by atoms with Gasteiger partial charge in [0.05, 0.1) is 21.8 Å². The van der Waals surface area contributed by atoms with E-state index >= 15 is 0 Å². The van der Waals surface area contributed by atoms with Crippen molar-refractivity contribution in [3.63, 3.8) is 0 Å². The minimum absolute atomic E-state index is 0.0181. The van der Waals surface area contributed by atoms with Crippen LogP contribution in [0.5, 0.6) is 0 Å². The van der Waals surface area contributed by atoms with Crippen LogP contribution in [0.2, 0.25) is 5.02 Å². The van der Waals surface area contributed by atoms with Gasteiger partial charge in [-0.25, -0.2) is 22.5 Å². The summed E-state index contributed by atoms with van der Waals surface area (Å²) in [6.07, 6.45) is 1.38. The number of nitrogens with zero attached hydrogens (tertiary/aromatic N) is 2. The van der Waals surface area contributed by atoms with Crippen LogP contribution in [0.25, 0.3) is 10.2 Å². The fourth-order valence-corrected chi connectivity index (χ4v) is 4.15. The Labute approximate surface area is 145 Å². The molecule has 0 amide bonds. The maximum Gasteiger partial charge on any atom is 0.271 e. The molecule has 1 N–H and O–H groups in total. The zero-order valence-electron chi connectivity index (χ0n) is 12.1. The van der Waals surface area contributed by atoms with Crippen molar-refractivity contribution >= 4 is 43.2 Å². The van der Waals surface area contributed by atoms with E-state index < -0.39 is 15.8 Å². The summed E-state index contributed by atoms with van der Waals surface area (Å²) < 4.78 is 41.6. The minimum Gasteiger partial charge on any atom is -0.297 e. The number of thiophene rings is 1. The molecule has 0 fully saturated rings. The second-order valence-corrected chi connectivity index (χ2v) is 7.94. The van der Waals surface area contributed by atoms with E-state index in [2.05, 4.69) is 9.71 Å². The van der Waals surface area contributed by atoms with Crippen LogP contribution in [0.1, 0.15) is 0 Å². The molecule has 1 aromatic carbocycles. The van der Waals surface area contributed by atoms with Crippen LogP contribution in [0, 0.1) is 5.82 Å². The van der Waals surface area contributed by atoms with Gasteiger partial charge in [-0.3, -0.25) is 9.36 Å². The Balaban J connectivity index is 1.73. The smallest absolute Gasteiger partial charge is 0.271 e. The van der Waals surface area contributed by atoms with Crippen molar-refractivity contribution in [2.24, 2.45) is 0 Å². The number of hydrogen-bond acceptors (Lipinski definition) is 5. The largest absolute Gasteiger partial charge is 0.297 e. The summed E-state index contributed by atoms with van der Waals surface area (Å²) in [7, 11) is -3.85. The van der Waals surface area contributed by atoms with E-state index in [4.69, 9.17) is 11.6 Å². The molecule has 0 spiro atoms. The Morgan fingerprint density at radius 3 is 2.88 bits per heavy atom. The van der Waals surface area contributed by atoms with Crippen LogP contribution in [0.4, 0.5) is 4.39 Å². The van der Waals surface area contributed by atoms with Crippen LogP contribution in [-0.2, 0) is 16.6 Å². The van der Waals surface area contributed by atoms with Gasteiger partial charge < -0.3 is 0 Å². The second kappa shape index (κ2) is 6.60. The molecule has 0 saturated heterocycles. The number of aromatic nitrogens is 2. The summed E-state index contributed by atoms with van der Waals surface area (Å²) in [5.41, 5.74) is 0.391. The minimum atomic E-state index is -3.85. The van der Waals surface area contributed by atoms with E-state index in [9.17, 15) is 17.6 Å². The Hall–Kier alpha value is -1.81. The lowest BCUT2D eigenvalue weighted by Crippen LogP contribution is -2.30. The monoisotopic (exact) mass is 387 g/mol. The Morgan fingerprint density at radius 1 is 1.33 bits per heavy atom. The molecule has 0 aliphatic rings. The van der Waals surface area contributed by atoms with Gasteiger partial charge in [0, 0.05) is 13.1 Å². The zero-order valence-corrected chi connectivity index (χ0v) is 14.5. The molecule has 24 heavy (non-hydrogen) atoms. The van der Waals surface area contributed by atoms with Crippen molar-refractivity contribution in [2.45, 2.75) is 11.4 Å². The molecule has 10 heteroatoms. The molecule has 0 aliphatic carbocycles. The van der Waals surface area contributed by atoms with Crippen molar-refractivity contribution in [2.75, 3.05) is 6.54 Å². The highest BCUT2D eigenvalue weighted by atomic mass is 35.5. The lowest BCUT2D eigenvalue weighted by molar-refractivity contribution is 0.569. The third-order valence-electron chi connectivity index (χ3n) is 3.28. The highest BCUT2D eigenvalue weighted by Crippen LogP contribution is 2.19.